The molecule has 0 radical (unpaired) electrons. The average molecular weight is 413 g/mol. The number of thiazole rings is 1. The fraction of sp³-hybridized carbons (Fsp3) is 0.0476. The number of benzene rings is 3. The summed E-state index contributed by atoms with van der Waals surface area (Å²) in [4.78, 5) is 19.5. The fourth-order valence-corrected chi connectivity index (χ4v) is 4.04. The third-order valence-electron chi connectivity index (χ3n) is 4.15. The Balaban J connectivity index is 1.88. The van der Waals surface area contributed by atoms with Gasteiger partial charge in [0.2, 0.25) is 0 Å². The lowest BCUT2D eigenvalue weighted by Gasteiger charge is -2.21. The number of nitrogens with zero attached hydrogens (tertiary/aromatic N) is 2. The van der Waals surface area contributed by atoms with E-state index in [1.165, 1.54) is 28.4 Å². The van der Waals surface area contributed by atoms with Crippen LogP contribution in [0.25, 0.3) is 10.2 Å². The molecule has 1 heterocycles. The number of methoxy groups -OCH3 is 1. The van der Waals surface area contributed by atoms with Crippen molar-refractivity contribution in [3.05, 3.63) is 83.1 Å². The van der Waals surface area contributed by atoms with Gasteiger partial charge in [-0.3, -0.25) is 9.69 Å². The predicted octanol–water partition coefficient (Wildman–Crippen LogP) is 6.08. The molecule has 4 aromatic rings. The van der Waals surface area contributed by atoms with Gasteiger partial charge in [-0.05, 0) is 42.5 Å². The molecule has 28 heavy (non-hydrogen) atoms. The topological polar surface area (TPSA) is 42.4 Å². The van der Waals surface area contributed by atoms with Crippen LogP contribution in [0.3, 0.4) is 0 Å². The van der Waals surface area contributed by atoms with E-state index in [0.717, 1.165) is 16.3 Å². The molecule has 3 aromatic carbocycles. The molecule has 0 aliphatic rings. The lowest BCUT2D eigenvalue weighted by molar-refractivity contribution is 0.0999. The highest BCUT2D eigenvalue weighted by atomic mass is 35.5. The molecule has 7 heteroatoms. The number of hydrogen-bond acceptors (Lipinski definition) is 4. The largest absolute Gasteiger partial charge is 0.497 e. The Morgan fingerprint density at radius 3 is 2.68 bits per heavy atom. The second-order valence-electron chi connectivity index (χ2n) is 5.93. The number of amides is 1. The molecule has 0 aliphatic carbocycles. The molecule has 1 aromatic heterocycles. The van der Waals surface area contributed by atoms with Crippen molar-refractivity contribution in [1.29, 1.82) is 0 Å². The van der Waals surface area contributed by atoms with Crippen LogP contribution in [-0.2, 0) is 0 Å². The number of fused-ring (bicyclic) bond motifs is 1. The van der Waals surface area contributed by atoms with Crippen LogP contribution in [-0.4, -0.2) is 18.0 Å². The Morgan fingerprint density at radius 2 is 1.93 bits per heavy atom. The Kier molecular flexibility index (Phi) is 4.98. The minimum Gasteiger partial charge on any atom is -0.497 e. The van der Waals surface area contributed by atoms with E-state index < -0.39 is 11.7 Å². The molecule has 0 spiro atoms. The van der Waals surface area contributed by atoms with E-state index in [0.29, 0.717) is 16.6 Å². The summed E-state index contributed by atoms with van der Waals surface area (Å²) >= 11 is 7.53. The van der Waals surface area contributed by atoms with Crippen LogP contribution in [0.5, 0.6) is 5.75 Å². The van der Waals surface area contributed by atoms with Crippen LogP contribution in [0, 0.1) is 5.82 Å². The van der Waals surface area contributed by atoms with E-state index in [2.05, 4.69) is 4.98 Å². The van der Waals surface area contributed by atoms with Gasteiger partial charge in [-0.2, -0.15) is 0 Å². The zero-order valence-corrected chi connectivity index (χ0v) is 16.3. The highest BCUT2D eigenvalue weighted by Crippen LogP contribution is 2.36. The molecule has 0 saturated carbocycles. The van der Waals surface area contributed by atoms with Gasteiger partial charge in [0.1, 0.15) is 11.6 Å². The van der Waals surface area contributed by atoms with Gasteiger partial charge in [0.25, 0.3) is 5.91 Å². The Labute approximate surface area is 169 Å². The summed E-state index contributed by atoms with van der Waals surface area (Å²) in [7, 11) is 1.56. The van der Waals surface area contributed by atoms with Crippen LogP contribution < -0.4 is 9.64 Å². The summed E-state index contributed by atoms with van der Waals surface area (Å²) in [6, 6.07) is 18.4. The SMILES string of the molecule is COc1cccc(N(C(=O)c2ccc(F)cc2Cl)c2nc3ccccc3s2)c1. The molecule has 4 nitrogen and oxygen atoms in total. The Hall–Kier alpha value is -2.96. The van der Waals surface area contributed by atoms with Gasteiger partial charge in [0.05, 0.1) is 33.6 Å². The second kappa shape index (κ2) is 7.58. The smallest absolute Gasteiger partial charge is 0.266 e. The summed E-state index contributed by atoms with van der Waals surface area (Å²) < 4.78 is 19.7. The third kappa shape index (κ3) is 3.44. The van der Waals surface area contributed by atoms with E-state index >= 15 is 0 Å². The average Bonchev–Trinajstić information content (AvgIpc) is 3.11. The molecular weight excluding hydrogens is 399 g/mol. The molecule has 4 rings (SSSR count). The monoisotopic (exact) mass is 412 g/mol. The van der Waals surface area contributed by atoms with Gasteiger partial charge in [-0.15, -0.1) is 0 Å². The van der Waals surface area contributed by atoms with Crippen molar-refractivity contribution >= 4 is 49.9 Å². The third-order valence-corrected chi connectivity index (χ3v) is 5.48. The van der Waals surface area contributed by atoms with Crippen molar-refractivity contribution in [3.8, 4) is 5.75 Å². The zero-order valence-electron chi connectivity index (χ0n) is 14.7. The maximum atomic E-state index is 13.5. The number of halogens is 2. The first kappa shape index (κ1) is 18.4. The molecule has 0 atom stereocenters. The lowest BCUT2D eigenvalue weighted by Crippen LogP contribution is -2.26. The number of aromatic nitrogens is 1. The molecule has 0 fully saturated rings. The molecular formula is C21H14ClFN2O2S. The zero-order chi connectivity index (χ0) is 19.7. The van der Waals surface area contributed by atoms with Gasteiger partial charge in [0.15, 0.2) is 5.13 Å². The number of carbonyl (C=O) groups excluding carboxylic acids is 1. The molecule has 0 bridgehead atoms. The van der Waals surface area contributed by atoms with Crippen LogP contribution in [0.15, 0.2) is 66.7 Å². The van der Waals surface area contributed by atoms with Crippen molar-refractivity contribution in [3.63, 3.8) is 0 Å². The lowest BCUT2D eigenvalue weighted by atomic mass is 10.1. The highest BCUT2D eigenvalue weighted by Gasteiger charge is 2.25. The van der Waals surface area contributed by atoms with Crippen molar-refractivity contribution in [2.45, 2.75) is 0 Å². The minimum absolute atomic E-state index is 0.0407. The predicted molar refractivity (Wildman–Crippen MR) is 110 cm³/mol. The molecule has 0 saturated heterocycles. The van der Waals surface area contributed by atoms with Gasteiger partial charge in [-0.25, -0.2) is 9.37 Å². The first-order valence-electron chi connectivity index (χ1n) is 8.36. The van der Waals surface area contributed by atoms with Crippen LogP contribution in [0.2, 0.25) is 5.02 Å². The normalized spacial score (nSPS) is 10.8. The van der Waals surface area contributed by atoms with Crippen molar-refractivity contribution in [2.24, 2.45) is 0 Å². The Bertz CT molecular complexity index is 1150. The van der Waals surface area contributed by atoms with E-state index in [1.54, 1.807) is 31.4 Å². The number of rotatable bonds is 4. The van der Waals surface area contributed by atoms with E-state index in [-0.39, 0.29) is 10.6 Å². The first-order chi connectivity index (χ1) is 13.6. The maximum Gasteiger partial charge on any atom is 0.266 e. The Morgan fingerprint density at radius 1 is 1.11 bits per heavy atom. The minimum atomic E-state index is -0.505. The summed E-state index contributed by atoms with van der Waals surface area (Å²) in [6.45, 7) is 0. The molecule has 0 N–H and O–H groups in total. The van der Waals surface area contributed by atoms with E-state index in [1.807, 2.05) is 24.3 Å². The van der Waals surface area contributed by atoms with Crippen molar-refractivity contribution in [2.75, 3.05) is 12.0 Å². The molecule has 0 aliphatic heterocycles. The number of para-hydroxylation sites is 1. The summed E-state index contributed by atoms with van der Waals surface area (Å²) in [6.07, 6.45) is 0. The number of ether oxygens (including phenoxy) is 1. The second-order valence-corrected chi connectivity index (χ2v) is 7.35. The van der Waals surface area contributed by atoms with Crippen molar-refractivity contribution < 1.29 is 13.9 Å². The number of carbonyl (C=O) groups is 1. The first-order valence-corrected chi connectivity index (χ1v) is 9.55. The fourth-order valence-electron chi connectivity index (χ4n) is 2.80. The number of hydrogen-bond donors (Lipinski definition) is 0. The highest BCUT2D eigenvalue weighted by molar-refractivity contribution is 7.22. The summed E-state index contributed by atoms with van der Waals surface area (Å²) in [5, 5.41) is 0.527. The number of anilines is 2. The summed E-state index contributed by atoms with van der Waals surface area (Å²) in [5.74, 6) is -0.312. The molecule has 0 unspecified atom stereocenters. The van der Waals surface area contributed by atoms with Gasteiger partial charge >= 0.3 is 0 Å². The van der Waals surface area contributed by atoms with Gasteiger partial charge in [0, 0.05) is 6.07 Å². The van der Waals surface area contributed by atoms with Crippen molar-refractivity contribution in [1.82, 2.24) is 4.98 Å². The van der Waals surface area contributed by atoms with Crippen LogP contribution in [0.4, 0.5) is 15.2 Å². The van der Waals surface area contributed by atoms with E-state index in [4.69, 9.17) is 16.3 Å². The molecule has 140 valence electrons. The quantitative estimate of drug-likeness (QED) is 0.408. The molecule has 1 amide bonds. The van der Waals surface area contributed by atoms with Crippen LogP contribution in [0.1, 0.15) is 10.4 Å². The van der Waals surface area contributed by atoms with Gasteiger partial charge in [-0.1, -0.05) is 41.1 Å². The maximum absolute atomic E-state index is 13.5. The van der Waals surface area contributed by atoms with E-state index in [9.17, 15) is 9.18 Å². The standard InChI is InChI=1S/C21H14ClFN2O2S/c1-27-15-6-4-5-14(12-15)25(20(26)16-10-9-13(23)11-17(16)22)21-24-18-7-2-3-8-19(18)28-21/h2-12H,1H3. The summed E-state index contributed by atoms with van der Waals surface area (Å²) in [5.41, 5.74) is 1.54. The van der Waals surface area contributed by atoms with Crippen LogP contribution >= 0.6 is 22.9 Å². The van der Waals surface area contributed by atoms with Gasteiger partial charge < -0.3 is 4.74 Å².